The number of rotatable bonds is 2. The van der Waals surface area contributed by atoms with Crippen molar-refractivity contribution < 1.29 is 13.0 Å². The summed E-state index contributed by atoms with van der Waals surface area (Å²) in [5, 5.41) is 0. The zero-order chi connectivity index (χ0) is 7.71. The SMILES string of the molecule is CC(S)(CS)S(=O)(=O)O. The van der Waals surface area contributed by atoms with Gasteiger partial charge in [0.25, 0.3) is 10.1 Å². The van der Waals surface area contributed by atoms with Crippen LogP contribution >= 0.6 is 25.3 Å². The Morgan fingerprint density at radius 1 is 1.67 bits per heavy atom. The summed E-state index contributed by atoms with van der Waals surface area (Å²) in [6, 6.07) is 0. The maximum absolute atomic E-state index is 10.3. The topological polar surface area (TPSA) is 54.4 Å². The van der Waals surface area contributed by atoms with Crippen LogP contribution in [0.5, 0.6) is 0 Å². The van der Waals surface area contributed by atoms with Crippen LogP contribution < -0.4 is 0 Å². The third kappa shape index (κ3) is 2.37. The van der Waals surface area contributed by atoms with Gasteiger partial charge in [-0.1, -0.05) is 0 Å². The molecular formula is C3H8O3S3. The van der Waals surface area contributed by atoms with E-state index >= 15 is 0 Å². The van der Waals surface area contributed by atoms with E-state index in [4.69, 9.17) is 4.55 Å². The van der Waals surface area contributed by atoms with Crippen LogP contribution in [0, 0.1) is 0 Å². The fourth-order valence-electron chi connectivity index (χ4n) is 0.0816. The normalized spacial score (nSPS) is 19.1. The largest absolute Gasteiger partial charge is 0.284 e. The van der Waals surface area contributed by atoms with Gasteiger partial charge in [-0.05, 0) is 6.92 Å². The van der Waals surface area contributed by atoms with E-state index in [2.05, 4.69) is 25.3 Å². The second-order valence-corrected chi connectivity index (χ2v) is 5.27. The first-order valence-corrected chi connectivity index (χ1v) is 4.63. The Kier molecular flexibility index (Phi) is 2.87. The average Bonchev–Trinajstić information content (AvgIpc) is 1.64. The monoisotopic (exact) mass is 188 g/mol. The lowest BCUT2D eigenvalue weighted by molar-refractivity contribution is 0.470. The highest BCUT2D eigenvalue weighted by molar-refractivity contribution is 8.04. The van der Waals surface area contributed by atoms with E-state index in [9.17, 15) is 8.42 Å². The lowest BCUT2D eigenvalue weighted by Gasteiger charge is -2.15. The van der Waals surface area contributed by atoms with Crippen molar-refractivity contribution in [1.82, 2.24) is 0 Å². The highest BCUT2D eigenvalue weighted by Gasteiger charge is 2.31. The molecule has 0 aliphatic rings. The van der Waals surface area contributed by atoms with E-state index < -0.39 is 14.2 Å². The lowest BCUT2D eigenvalue weighted by atomic mass is 10.5. The van der Waals surface area contributed by atoms with Crippen molar-refractivity contribution in [2.75, 3.05) is 5.75 Å². The van der Waals surface area contributed by atoms with Crippen LogP contribution in [0.2, 0.25) is 0 Å². The van der Waals surface area contributed by atoms with E-state index in [-0.39, 0.29) is 5.75 Å². The average molecular weight is 188 g/mol. The molecular weight excluding hydrogens is 180 g/mol. The molecule has 0 saturated carbocycles. The van der Waals surface area contributed by atoms with Crippen molar-refractivity contribution in [1.29, 1.82) is 0 Å². The van der Waals surface area contributed by atoms with Gasteiger partial charge in [0.2, 0.25) is 0 Å². The van der Waals surface area contributed by atoms with Gasteiger partial charge in [-0.25, -0.2) is 0 Å². The van der Waals surface area contributed by atoms with Gasteiger partial charge in [0, 0.05) is 5.75 Å². The molecule has 1 unspecified atom stereocenters. The smallest absolute Gasteiger partial charge is 0.280 e. The van der Waals surface area contributed by atoms with Gasteiger partial charge in [-0.2, -0.15) is 33.7 Å². The second-order valence-electron chi connectivity index (χ2n) is 1.81. The first kappa shape index (κ1) is 9.61. The van der Waals surface area contributed by atoms with E-state index in [0.29, 0.717) is 0 Å². The molecule has 0 bridgehead atoms. The van der Waals surface area contributed by atoms with Gasteiger partial charge in [-0.15, -0.1) is 0 Å². The van der Waals surface area contributed by atoms with Gasteiger partial charge in [0.1, 0.15) is 4.08 Å². The summed E-state index contributed by atoms with van der Waals surface area (Å²) in [6.07, 6.45) is 0. The van der Waals surface area contributed by atoms with Crippen LogP contribution in [-0.2, 0) is 10.1 Å². The predicted molar refractivity (Wildman–Crippen MR) is 42.8 cm³/mol. The van der Waals surface area contributed by atoms with Crippen LogP contribution in [-0.4, -0.2) is 22.8 Å². The molecule has 0 fully saturated rings. The highest BCUT2D eigenvalue weighted by Crippen LogP contribution is 2.21. The molecule has 0 aromatic carbocycles. The van der Waals surface area contributed by atoms with Crippen molar-refractivity contribution in [2.24, 2.45) is 0 Å². The molecule has 0 heterocycles. The molecule has 0 aromatic rings. The molecule has 1 N–H and O–H groups in total. The number of hydrogen-bond acceptors (Lipinski definition) is 4. The minimum Gasteiger partial charge on any atom is -0.284 e. The fourth-order valence-corrected chi connectivity index (χ4v) is 0.734. The van der Waals surface area contributed by atoms with Gasteiger partial charge in [0.05, 0.1) is 0 Å². The minimum absolute atomic E-state index is 0.0189. The van der Waals surface area contributed by atoms with Gasteiger partial charge in [-0.3, -0.25) is 4.55 Å². The summed E-state index contributed by atoms with van der Waals surface area (Å²) in [5.74, 6) is -0.0189. The molecule has 56 valence electrons. The molecule has 0 amide bonds. The summed E-state index contributed by atoms with van der Waals surface area (Å²) in [5.41, 5.74) is 0. The summed E-state index contributed by atoms with van der Waals surface area (Å²) in [6.45, 7) is 1.28. The maximum atomic E-state index is 10.3. The maximum Gasteiger partial charge on any atom is 0.280 e. The predicted octanol–water partition coefficient (Wildman–Crippen LogP) is 0.450. The van der Waals surface area contributed by atoms with Crippen molar-refractivity contribution in [2.45, 2.75) is 11.0 Å². The van der Waals surface area contributed by atoms with E-state index in [0.717, 1.165) is 0 Å². The first-order valence-electron chi connectivity index (χ1n) is 2.11. The molecule has 0 aromatic heterocycles. The van der Waals surface area contributed by atoms with Crippen molar-refractivity contribution in [3.8, 4) is 0 Å². The Morgan fingerprint density at radius 3 is 2.00 bits per heavy atom. The molecule has 0 spiro atoms. The minimum atomic E-state index is -4.06. The number of hydrogen-bond donors (Lipinski definition) is 3. The standard InChI is InChI=1S/C3H8O3S3/c1-3(8,2-7)9(4,5)6/h7-8H,2H2,1H3,(H,4,5,6). The Labute approximate surface area is 65.4 Å². The first-order chi connectivity index (χ1) is 3.81. The molecule has 3 nitrogen and oxygen atoms in total. The Hall–Kier alpha value is 0.610. The molecule has 6 heteroatoms. The van der Waals surface area contributed by atoms with Crippen molar-refractivity contribution >= 4 is 35.4 Å². The van der Waals surface area contributed by atoms with Gasteiger partial charge in [0.15, 0.2) is 0 Å². The van der Waals surface area contributed by atoms with Gasteiger partial charge >= 0.3 is 0 Å². The van der Waals surface area contributed by atoms with Crippen LogP contribution in [0.25, 0.3) is 0 Å². The van der Waals surface area contributed by atoms with E-state index in [1.807, 2.05) is 0 Å². The Balaban J connectivity index is 4.56. The molecule has 0 aliphatic heterocycles. The molecule has 0 rings (SSSR count). The summed E-state index contributed by atoms with van der Waals surface area (Å²) in [7, 11) is -4.06. The Morgan fingerprint density at radius 2 is 2.00 bits per heavy atom. The zero-order valence-corrected chi connectivity index (χ0v) is 7.38. The molecule has 0 aliphatic carbocycles. The highest BCUT2D eigenvalue weighted by atomic mass is 32.3. The van der Waals surface area contributed by atoms with E-state index in [1.165, 1.54) is 6.92 Å². The van der Waals surface area contributed by atoms with E-state index in [1.54, 1.807) is 0 Å². The fraction of sp³-hybridized carbons (Fsp3) is 1.00. The second kappa shape index (κ2) is 2.69. The molecule has 0 radical (unpaired) electrons. The van der Waals surface area contributed by atoms with Crippen LogP contribution in [0.1, 0.15) is 6.92 Å². The summed E-state index contributed by atoms with van der Waals surface area (Å²) in [4.78, 5) is 0. The third-order valence-corrected chi connectivity index (χ3v) is 4.05. The number of thiol groups is 2. The van der Waals surface area contributed by atoms with Crippen LogP contribution in [0.4, 0.5) is 0 Å². The zero-order valence-electron chi connectivity index (χ0n) is 4.77. The molecule has 9 heavy (non-hydrogen) atoms. The quantitative estimate of drug-likeness (QED) is 0.435. The lowest BCUT2D eigenvalue weighted by Crippen LogP contribution is -2.30. The summed E-state index contributed by atoms with van der Waals surface area (Å²) >= 11 is 7.33. The summed E-state index contributed by atoms with van der Waals surface area (Å²) < 4.78 is 27.6. The van der Waals surface area contributed by atoms with Gasteiger partial charge < -0.3 is 0 Å². The third-order valence-electron chi connectivity index (χ3n) is 0.849. The Bertz CT molecular complexity index is 180. The van der Waals surface area contributed by atoms with Crippen LogP contribution in [0.15, 0.2) is 0 Å². The molecule has 1 atom stereocenters. The van der Waals surface area contributed by atoms with Crippen LogP contribution in [0.3, 0.4) is 0 Å². The van der Waals surface area contributed by atoms with Crippen molar-refractivity contribution in [3.63, 3.8) is 0 Å². The molecule has 0 saturated heterocycles. The van der Waals surface area contributed by atoms with Crippen molar-refractivity contribution in [3.05, 3.63) is 0 Å².